The highest BCUT2D eigenvalue weighted by Crippen LogP contribution is 2.25. The summed E-state index contributed by atoms with van der Waals surface area (Å²) in [6.07, 6.45) is 6.32. The van der Waals surface area contributed by atoms with Crippen molar-refractivity contribution < 1.29 is 4.92 Å². The number of nitrogens with one attached hydrogen (secondary N) is 1. The number of nitro benzene ring substituents is 1. The Kier molecular flexibility index (Phi) is 3.76. The van der Waals surface area contributed by atoms with E-state index in [4.69, 9.17) is 11.6 Å². The van der Waals surface area contributed by atoms with E-state index in [0.717, 1.165) is 12.1 Å². The summed E-state index contributed by atoms with van der Waals surface area (Å²) >= 11 is 5.72. The molecule has 4 nitrogen and oxygen atoms in total. The Hall–Kier alpha value is -1.39. The predicted molar refractivity (Wildman–Crippen MR) is 68.2 cm³/mol. The van der Waals surface area contributed by atoms with Crippen molar-refractivity contribution >= 4 is 23.4 Å². The van der Waals surface area contributed by atoms with Crippen LogP contribution in [0.2, 0.25) is 5.02 Å². The van der Waals surface area contributed by atoms with Gasteiger partial charge in [0.15, 0.2) is 0 Å². The molecule has 1 aromatic rings. The Labute approximate surface area is 104 Å². The maximum atomic E-state index is 10.7. The minimum atomic E-state index is -0.470. The van der Waals surface area contributed by atoms with Gasteiger partial charge in [0.1, 0.15) is 5.02 Å². The number of hydrogen-bond acceptors (Lipinski definition) is 3. The fourth-order valence-electron chi connectivity index (χ4n) is 1.49. The van der Waals surface area contributed by atoms with Crippen molar-refractivity contribution in [1.29, 1.82) is 0 Å². The summed E-state index contributed by atoms with van der Waals surface area (Å²) in [5.74, 6) is 0. The Morgan fingerprint density at radius 1 is 1.53 bits per heavy atom. The van der Waals surface area contributed by atoms with Gasteiger partial charge in [-0.15, -0.1) is 0 Å². The van der Waals surface area contributed by atoms with Crippen LogP contribution in [0.3, 0.4) is 0 Å². The molecule has 0 aliphatic heterocycles. The Balaban J connectivity index is 1.99. The molecule has 0 amide bonds. The molecule has 0 radical (unpaired) electrons. The van der Waals surface area contributed by atoms with Crippen molar-refractivity contribution in [2.45, 2.75) is 18.9 Å². The second kappa shape index (κ2) is 5.29. The molecule has 1 aliphatic carbocycles. The third-order valence-electron chi connectivity index (χ3n) is 2.58. The highest BCUT2D eigenvalue weighted by Gasteiger charge is 2.19. The molecule has 1 fully saturated rings. The van der Waals surface area contributed by atoms with E-state index < -0.39 is 4.92 Å². The number of rotatable bonds is 5. The highest BCUT2D eigenvalue weighted by atomic mass is 35.5. The summed E-state index contributed by atoms with van der Waals surface area (Å²) in [6, 6.07) is 5.46. The van der Waals surface area contributed by atoms with E-state index in [1.54, 1.807) is 12.1 Å². The Bertz CT molecular complexity index is 456. The van der Waals surface area contributed by atoms with Gasteiger partial charge in [-0.25, -0.2) is 0 Å². The zero-order valence-corrected chi connectivity index (χ0v) is 9.98. The van der Waals surface area contributed by atoms with Crippen LogP contribution in [0.4, 0.5) is 5.69 Å². The highest BCUT2D eigenvalue weighted by molar-refractivity contribution is 6.32. The Morgan fingerprint density at radius 2 is 2.29 bits per heavy atom. The molecule has 0 atom stereocenters. The fraction of sp³-hybridized carbons (Fsp3) is 0.333. The van der Waals surface area contributed by atoms with E-state index in [9.17, 15) is 10.1 Å². The van der Waals surface area contributed by atoms with Crippen LogP contribution in [0.25, 0.3) is 6.08 Å². The lowest BCUT2D eigenvalue weighted by molar-refractivity contribution is -0.384. The van der Waals surface area contributed by atoms with Crippen molar-refractivity contribution in [3.05, 3.63) is 45.0 Å². The van der Waals surface area contributed by atoms with E-state index in [0.29, 0.717) is 6.04 Å². The number of benzene rings is 1. The average molecular weight is 253 g/mol. The summed E-state index contributed by atoms with van der Waals surface area (Å²) in [7, 11) is 0. The lowest BCUT2D eigenvalue weighted by Gasteiger charge is -1.98. The zero-order chi connectivity index (χ0) is 12.3. The quantitative estimate of drug-likeness (QED) is 0.647. The number of halogens is 1. The monoisotopic (exact) mass is 252 g/mol. The fourth-order valence-corrected chi connectivity index (χ4v) is 1.68. The first-order valence-corrected chi connectivity index (χ1v) is 5.88. The van der Waals surface area contributed by atoms with E-state index >= 15 is 0 Å². The first-order chi connectivity index (χ1) is 8.16. The molecule has 0 spiro atoms. The van der Waals surface area contributed by atoms with E-state index in [-0.39, 0.29) is 10.7 Å². The van der Waals surface area contributed by atoms with Crippen LogP contribution in [0, 0.1) is 10.1 Å². The van der Waals surface area contributed by atoms with Crippen molar-refractivity contribution in [2.75, 3.05) is 6.54 Å². The second-order valence-corrected chi connectivity index (χ2v) is 4.46. The zero-order valence-electron chi connectivity index (χ0n) is 9.23. The molecular weight excluding hydrogens is 240 g/mol. The minimum absolute atomic E-state index is 0.0519. The standard InChI is InChI=1S/C12H13ClN2O2/c13-11-6-3-9(8-12(11)15(16)17)2-1-7-14-10-4-5-10/h1-3,6,8,10,14H,4-5,7H2. The van der Waals surface area contributed by atoms with Gasteiger partial charge in [-0.2, -0.15) is 0 Å². The molecule has 0 unspecified atom stereocenters. The van der Waals surface area contributed by atoms with Crippen molar-refractivity contribution in [3.63, 3.8) is 0 Å². The van der Waals surface area contributed by atoms with Crippen LogP contribution >= 0.6 is 11.6 Å². The molecular formula is C12H13ClN2O2. The van der Waals surface area contributed by atoms with Crippen LogP contribution in [-0.4, -0.2) is 17.5 Å². The van der Waals surface area contributed by atoms with Gasteiger partial charge in [0.05, 0.1) is 4.92 Å². The molecule has 90 valence electrons. The normalized spacial score (nSPS) is 15.4. The molecule has 2 rings (SSSR count). The van der Waals surface area contributed by atoms with Gasteiger partial charge in [-0.1, -0.05) is 29.8 Å². The summed E-state index contributed by atoms with van der Waals surface area (Å²) < 4.78 is 0. The largest absolute Gasteiger partial charge is 0.311 e. The van der Waals surface area contributed by atoms with Crippen molar-refractivity contribution in [1.82, 2.24) is 5.32 Å². The van der Waals surface area contributed by atoms with Gasteiger partial charge in [-0.05, 0) is 24.5 Å². The van der Waals surface area contributed by atoms with Gasteiger partial charge in [0.25, 0.3) is 5.69 Å². The van der Waals surface area contributed by atoms with Gasteiger partial charge >= 0.3 is 0 Å². The third kappa shape index (κ3) is 3.54. The first-order valence-electron chi connectivity index (χ1n) is 5.50. The second-order valence-electron chi connectivity index (χ2n) is 4.05. The molecule has 1 aliphatic rings. The molecule has 1 aromatic carbocycles. The summed E-state index contributed by atoms with van der Waals surface area (Å²) in [5.41, 5.74) is 0.739. The van der Waals surface area contributed by atoms with Crippen molar-refractivity contribution in [3.8, 4) is 0 Å². The van der Waals surface area contributed by atoms with Crippen molar-refractivity contribution in [2.24, 2.45) is 0 Å². The van der Waals surface area contributed by atoms with Gasteiger partial charge in [0.2, 0.25) is 0 Å². The molecule has 0 saturated heterocycles. The Morgan fingerprint density at radius 3 is 2.94 bits per heavy atom. The number of hydrogen-bond donors (Lipinski definition) is 1. The van der Waals surface area contributed by atoms with Gasteiger partial charge in [0, 0.05) is 18.7 Å². The lowest BCUT2D eigenvalue weighted by atomic mass is 10.2. The van der Waals surface area contributed by atoms with Crippen LogP contribution in [0.5, 0.6) is 0 Å². The predicted octanol–water partition coefficient (Wildman–Crippen LogP) is 3.01. The molecule has 1 saturated carbocycles. The molecule has 5 heteroatoms. The minimum Gasteiger partial charge on any atom is -0.311 e. The molecule has 0 bridgehead atoms. The van der Waals surface area contributed by atoms with E-state index in [1.807, 2.05) is 12.2 Å². The van der Waals surface area contributed by atoms with E-state index in [2.05, 4.69) is 5.32 Å². The smallest absolute Gasteiger partial charge is 0.288 e. The average Bonchev–Trinajstić information content (AvgIpc) is 3.10. The van der Waals surface area contributed by atoms with Gasteiger partial charge in [-0.3, -0.25) is 10.1 Å². The van der Waals surface area contributed by atoms with Crippen LogP contribution in [0.15, 0.2) is 24.3 Å². The van der Waals surface area contributed by atoms with E-state index in [1.165, 1.54) is 18.9 Å². The first kappa shape index (κ1) is 12.1. The summed E-state index contributed by atoms with van der Waals surface area (Å²) in [6.45, 7) is 0.793. The maximum Gasteiger partial charge on any atom is 0.288 e. The van der Waals surface area contributed by atoms with Crippen LogP contribution in [-0.2, 0) is 0 Å². The SMILES string of the molecule is O=[N+]([O-])c1cc(C=CCNC2CC2)ccc1Cl. The number of nitrogens with zero attached hydrogens (tertiary/aromatic N) is 1. The van der Waals surface area contributed by atoms with Gasteiger partial charge < -0.3 is 5.32 Å². The summed E-state index contributed by atoms with van der Waals surface area (Å²) in [4.78, 5) is 10.2. The molecule has 17 heavy (non-hydrogen) atoms. The molecule has 0 heterocycles. The third-order valence-corrected chi connectivity index (χ3v) is 2.90. The van der Waals surface area contributed by atoms with Crippen LogP contribution in [0.1, 0.15) is 18.4 Å². The maximum absolute atomic E-state index is 10.7. The molecule has 1 N–H and O–H groups in total. The topological polar surface area (TPSA) is 55.2 Å². The molecule has 0 aromatic heterocycles. The van der Waals surface area contributed by atoms with Crippen LogP contribution < -0.4 is 5.32 Å². The number of nitro groups is 1. The lowest BCUT2D eigenvalue weighted by Crippen LogP contribution is -2.15. The summed E-state index contributed by atoms with van der Waals surface area (Å²) in [5, 5.41) is 14.2.